The van der Waals surface area contributed by atoms with E-state index in [1.54, 1.807) is 6.26 Å². The standard InChI is InChI=1S/C25H25NO2/c1-4-21(18-27-23-15-13-19(2)14-16-23)25(26-22-10-6-5-7-11-22)28-24-12-8-9-20(3)17-24/h5-18H,4H2,1-3H3/b21-18+,26-25-. The third-order valence-corrected chi connectivity index (χ3v) is 4.20. The molecule has 3 nitrogen and oxygen atoms in total. The van der Waals surface area contributed by atoms with Gasteiger partial charge in [0.2, 0.25) is 5.90 Å². The topological polar surface area (TPSA) is 30.8 Å². The summed E-state index contributed by atoms with van der Waals surface area (Å²) in [7, 11) is 0. The van der Waals surface area contributed by atoms with E-state index >= 15 is 0 Å². The first-order valence-corrected chi connectivity index (χ1v) is 9.45. The van der Waals surface area contributed by atoms with Gasteiger partial charge in [0.05, 0.1) is 11.9 Å². The Hall–Kier alpha value is -3.33. The molecule has 3 heteroatoms. The molecular weight excluding hydrogens is 346 g/mol. The first-order chi connectivity index (χ1) is 13.6. The molecule has 0 radical (unpaired) electrons. The number of rotatable bonds is 6. The van der Waals surface area contributed by atoms with Gasteiger partial charge in [-0.1, -0.05) is 55.0 Å². The third-order valence-electron chi connectivity index (χ3n) is 4.20. The normalized spacial score (nSPS) is 12.0. The van der Waals surface area contributed by atoms with E-state index in [2.05, 4.69) is 13.8 Å². The van der Waals surface area contributed by atoms with Crippen molar-refractivity contribution < 1.29 is 9.47 Å². The van der Waals surface area contributed by atoms with Crippen molar-refractivity contribution in [2.24, 2.45) is 4.99 Å². The van der Waals surface area contributed by atoms with E-state index in [9.17, 15) is 0 Å². The summed E-state index contributed by atoms with van der Waals surface area (Å²) in [6.45, 7) is 6.15. The highest BCUT2D eigenvalue weighted by molar-refractivity contribution is 5.96. The van der Waals surface area contributed by atoms with Crippen molar-refractivity contribution in [1.82, 2.24) is 0 Å². The van der Waals surface area contributed by atoms with Gasteiger partial charge in [0.1, 0.15) is 11.5 Å². The second-order valence-corrected chi connectivity index (χ2v) is 6.60. The zero-order chi connectivity index (χ0) is 19.8. The first kappa shape index (κ1) is 19.4. The fourth-order valence-electron chi connectivity index (χ4n) is 2.61. The number of nitrogens with zero attached hydrogens (tertiary/aromatic N) is 1. The van der Waals surface area contributed by atoms with Gasteiger partial charge in [0.15, 0.2) is 0 Å². The largest absolute Gasteiger partial charge is 0.465 e. The molecule has 0 bridgehead atoms. The summed E-state index contributed by atoms with van der Waals surface area (Å²) in [5.74, 6) is 2.07. The fraction of sp³-hybridized carbons (Fsp3) is 0.160. The predicted molar refractivity (Wildman–Crippen MR) is 116 cm³/mol. The van der Waals surface area contributed by atoms with E-state index in [4.69, 9.17) is 14.5 Å². The van der Waals surface area contributed by atoms with Crippen LogP contribution in [-0.4, -0.2) is 5.90 Å². The van der Waals surface area contributed by atoms with Gasteiger partial charge < -0.3 is 9.47 Å². The summed E-state index contributed by atoms with van der Waals surface area (Å²) in [4.78, 5) is 4.73. The minimum absolute atomic E-state index is 0.534. The molecule has 0 unspecified atom stereocenters. The lowest BCUT2D eigenvalue weighted by Gasteiger charge is -2.12. The van der Waals surface area contributed by atoms with Gasteiger partial charge in [0.25, 0.3) is 0 Å². The molecule has 0 atom stereocenters. The fourth-order valence-corrected chi connectivity index (χ4v) is 2.61. The van der Waals surface area contributed by atoms with Crippen LogP contribution >= 0.6 is 0 Å². The van der Waals surface area contributed by atoms with Gasteiger partial charge in [-0.25, -0.2) is 4.99 Å². The van der Waals surface area contributed by atoms with E-state index in [-0.39, 0.29) is 0 Å². The summed E-state index contributed by atoms with van der Waals surface area (Å²) in [6.07, 6.45) is 2.45. The van der Waals surface area contributed by atoms with Crippen molar-refractivity contribution in [2.75, 3.05) is 0 Å². The molecule has 0 heterocycles. The molecule has 0 saturated heterocycles. The van der Waals surface area contributed by atoms with Crippen molar-refractivity contribution in [3.63, 3.8) is 0 Å². The maximum absolute atomic E-state index is 6.16. The molecule has 0 N–H and O–H groups in total. The van der Waals surface area contributed by atoms with Crippen LogP contribution in [0.2, 0.25) is 0 Å². The Bertz CT molecular complexity index is 957. The molecule has 0 amide bonds. The van der Waals surface area contributed by atoms with E-state index in [0.717, 1.165) is 34.7 Å². The first-order valence-electron chi connectivity index (χ1n) is 9.45. The summed E-state index contributed by atoms with van der Waals surface area (Å²) in [6, 6.07) is 25.7. The molecule has 0 spiro atoms. The third kappa shape index (κ3) is 5.58. The maximum atomic E-state index is 6.16. The smallest absolute Gasteiger partial charge is 0.226 e. The predicted octanol–water partition coefficient (Wildman–Crippen LogP) is 6.79. The van der Waals surface area contributed by atoms with Crippen LogP contribution in [0.3, 0.4) is 0 Å². The highest BCUT2D eigenvalue weighted by Crippen LogP contribution is 2.20. The van der Waals surface area contributed by atoms with E-state index in [1.807, 2.05) is 85.8 Å². The van der Waals surface area contributed by atoms with Gasteiger partial charge in [-0.15, -0.1) is 0 Å². The van der Waals surface area contributed by atoms with Crippen LogP contribution in [0.4, 0.5) is 5.69 Å². The molecule has 0 saturated carbocycles. The molecule has 28 heavy (non-hydrogen) atoms. The number of ether oxygens (including phenoxy) is 2. The lowest BCUT2D eigenvalue weighted by Crippen LogP contribution is -2.12. The Labute approximate surface area is 167 Å². The molecule has 142 valence electrons. The number of aliphatic imine (C=N–C) groups is 1. The van der Waals surface area contributed by atoms with Crippen molar-refractivity contribution >= 4 is 11.6 Å². The number of aryl methyl sites for hydroxylation is 2. The quantitative estimate of drug-likeness (QED) is 0.271. The van der Waals surface area contributed by atoms with Gasteiger partial charge >= 0.3 is 0 Å². The number of para-hydroxylation sites is 1. The zero-order valence-corrected chi connectivity index (χ0v) is 16.6. The van der Waals surface area contributed by atoms with Crippen molar-refractivity contribution in [3.8, 4) is 11.5 Å². The Kier molecular flexibility index (Phi) is 6.64. The van der Waals surface area contributed by atoms with Gasteiger partial charge in [0, 0.05) is 5.57 Å². The molecule has 3 aromatic rings. The summed E-state index contributed by atoms with van der Waals surface area (Å²) in [5.41, 5.74) is 4.04. The number of hydrogen-bond donors (Lipinski definition) is 0. The molecule has 0 aliphatic heterocycles. The van der Waals surface area contributed by atoms with E-state index < -0.39 is 0 Å². The highest BCUT2D eigenvalue weighted by atomic mass is 16.5. The van der Waals surface area contributed by atoms with Gasteiger partial charge in [-0.3, -0.25) is 0 Å². The van der Waals surface area contributed by atoms with Crippen LogP contribution in [0.15, 0.2) is 95.7 Å². The van der Waals surface area contributed by atoms with Gasteiger partial charge in [-0.2, -0.15) is 0 Å². The molecular formula is C25H25NO2. The second kappa shape index (κ2) is 9.56. The average molecular weight is 371 g/mol. The average Bonchev–Trinajstić information content (AvgIpc) is 2.70. The molecule has 0 aliphatic carbocycles. The Morgan fingerprint density at radius 1 is 0.821 bits per heavy atom. The highest BCUT2D eigenvalue weighted by Gasteiger charge is 2.11. The second-order valence-electron chi connectivity index (χ2n) is 6.60. The number of benzene rings is 3. The molecule has 3 rings (SSSR count). The maximum Gasteiger partial charge on any atom is 0.226 e. The summed E-state index contributed by atoms with van der Waals surface area (Å²) in [5, 5.41) is 0. The minimum atomic E-state index is 0.534. The van der Waals surface area contributed by atoms with Crippen LogP contribution in [0.5, 0.6) is 11.5 Å². The van der Waals surface area contributed by atoms with Gasteiger partial charge in [-0.05, 0) is 62.2 Å². The van der Waals surface area contributed by atoms with Crippen LogP contribution in [0, 0.1) is 13.8 Å². The Balaban J connectivity index is 1.92. The summed E-state index contributed by atoms with van der Waals surface area (Å²) < 4.78 is 12.0. The Morgan fingerprint density at radius 3 is 2.25 bits per heavy atom. The van der Waals surface area contributed by atoms with Crippen LogP contribution in [0.1, 0.15) is 24.5 Å². The van der Waals surface area contributed by atoms with Crippen LogP contribution < -0.4 is 9.47 Å². The number of hydrogen-bond acceptors (Lipinski definition) is 3. The van der Waals surface area contributed by atoms with Crippen LogP contribution in [0.25, 0.3) is 0 Å². The van der Waals surface area contributed by atoms with E-state index in [0.29, 0.717) is 5.90 Å². The van der Waals surface area contributed by atoms with E-state index in [1.165, 1.54) is 5.56 Å². The molecule has 3 aromatic carbocycles. The zero-order valence-electron chi connectivity index (χ0n) is 16.6. The minimum Gasteiger partial charge on any atom is -0.465 e. The SMILES string of the molecule is CCC(=C\Oc1ccc(C)cc1)/C(=N/c1ccccc1)Oc1cccc(C)c1. The Morgan fingerprint density at radius 2 is 1.57 bits per heavy atom. The summed E-state index contributed by atoms with van der Waals surface area (Å²) >= 11 is 0. The lowest BCUT2D eigenvalue weighted by molar-refractivity contribution is 0.471. The van der Waals surface area contributed by atoms with Crippen molar-refractivity contribution in [3.05, 3.63) is 102 Å². The monoisotopic (exact) mass is 371 g/mol. The van der Waals surface area contributed by atoms with Crippen LogP contribution in [-0.2, 0) is 0 Å². The van der Waals surface area contributed by atoms with Crippen molar-refractivity contribution in [2.45, 2.75) is 27.2 Å². The molecule has 0 fully saturated rings. The van der Waals surface area contributed by atoms with Crippen molar-refractivity contribution in [1.29, 1.82) is 0 Å². The lowest BCUT2D eigenvalue weighted by atomic mass is 10.2. The molecule has 0 aliphatic rings. The molecule has 0 aromatic heterocycles.